The Kier molecular flexibility index (Phi) is 4.53. The monoisotopic (exact) mass is 366 g/mol. The molecular weight excluding hydrogens is 344 g/mol. The van der Waals surface area contributed by atoms with Crippen LogP contribution in [0.15, 0.2) is 52.2 Å². The summed E-state index contributed by atoms with van der Waals surface area (Å²) in [5.74, 6) is 0.875. The molecule has 3 heterocycles. The molecule has 4 rings (SSSR count). The Morgan fingerprint density at radius 2 is 1.85 bits per heavy atom. The number of benzene rings is 1. The van der Waals surface area contributed by atoms with E-state index in [4.69, 9.17) is 4.74 Å². The van der Waals surface area contributed by atoms with Crippen molar-refractivity contribution in [3.63, 3.8) is 0 Å². The van der Waals surface area contributed by atoms with E-state index in [1.807, 2.05) is 12.1 Å². The van der Waals surface area contributed by atoms with E-state index in [2.05, 4.69) is 28.7 Å². The highest BCUT2D eigenvalue weighted by Crippen LogP contribution is 2.18. The minimum absolute atomic E-state index is 0.157. The van der Waals surface area contributed by atoms with Gasteiger partial charge in [0.25, 0.3) is 5.56 Å². The fourth-order valence-electron chi connectivity index (χ4n) is 3.59. The van der Waals surface area contributed by atoms with Gasteiger partial charge in [0.05, 0.1) is 29.7 Å². The predicted octanol–water partition coefficient (Wildman–Crippen LogP) is 1.75. The van der Waals surface area contributed by atoms with Crippen molar-refractivity contribution in [2.75, 3.05) is 18.0 Å². The number of nitrogens with zero attached hydrogens (tertiary/aromatic N) is 3. The summed E-state index contributed by atoms with van der Waals surface area (Å²) in [7, 11) is 0. The van der Waals surface area contributed by atoms with Crippen molar-refractivity contribution in [3.8, 4) is 0 Å². The smallest absolute Gasteiger partial charge is 0.329 e. The number of aromatic amines is 1. The van der Waals surface area contributed by atoms with Gasteiger partial charge in [0.15, 0.2) is 0 Å². The van der Waals surface area contributed by atoms with Crippen LogP contribution in [0.2, 0.25) is 0 Å². The lowest BCUT2D eigenvalue weighted by molar-refractivity contribution is -0.00545. The topological polar surface area (TPSA) is 80.2 Å². The Bertz CT molecular complexity index is 1060. The highest BCUT2D eigenvalue weighted by atomic mass is 16.5. The van der Waals surface area contributed by atoms with Gasteiger partial charge in [0, 0.05) is 19.3 Å². The van der Waals surface area contributed by atoms with Crippen LogP contribution >= 0.6 is 0 Å². The number of rotatable bonds is 3. The Balaban J connectivity index is 1.60. The third-order valence-electron chi connectivity index (χ3n) is 4.78. The van der Waals surface area contributed by atoms with E-state index in [1.54, 1.807) is 30.5 Å². The zero-order chi connectivity index (χ0) is 19.0. The first-order chi connectivity index (χ1) is 13.0. The number of H-pyrrole nitrogens is 1. The second-order valence-electron chi connectivity index (χ2n) is 7.05. The highest BCUT2D eigenvalue weighted by Gasteiger charge is 2.23. The van der Waals surface area contributed by atoms with Crippen LogP contribution in [0.3, 0.4) is 0 Å². The Hall–Kier alpha value is -2.93. The van der Waals surface area contributed by atoms with Crippen molar-refractivity contribution in [1.82, 2.24) is 14.5 Å². The highest BCUT2D eigenvalue weighted by molar-refractivity contribution is 5.76. The normalized spacial score (nSPS) is 20.1. The van der Waals surface area contributed by atoms with Crippen LogP contribution in [0.5, 0.6) is 0 Å². The molecule has 0 saturated carbocycles. The van der Waals surface area contributed by atoms with Gasteiger partial charge in [-0.3, -0.25) is 9.36 Å². The SMILES string of the molecule is C[C@H]1CN(c2ccc(Cn3c(=O)[nH]c4ccccc4c3=O)cn2)C[C@H](C)O1. The first-order valence-electron chi connectivity index (χ1n) is 9.08. The zero-order valence-electron chi connectivity index (χ0n) is 15.4. The molecule has 7 nitrogen and oxygen atoms in total. The van der Waals surface area contributed by atoms with Gasteiger partial charge in [-0.15, -0.1) is 0 Å². The van der Waals surface area contributed by atoms with Gasteiger partial charge in [0.1, 0.15) is 5.82 Å². The summed E-state index contributed by atoms with van der Waals surface area (Å²) in [5, 5.41) is 0.498. The Morgan fingerprint density at radius 1 is 1.11 bits per heavy atom. The van der Waals surface area contributed by atoms with Crippen LogP contribution in [0.4, 0.5) is 5.82 Å². The molecule has 1 saturated heterocycles. The maximum Gasteiger partial charge on any atom is 0.329 e. The first-order valence-corrected chi connectivity index (χ1v) is 9.08. The minimum atomic E-state index is -0.418. The summed E-state index contributed by atoms with van der Waals surface area (Å²) < 4.78 is 6.96. The van der Waals surface area contributed by atoms with Gasteiger partial charge in [-0.1, -0.05) is 18.2 Å². The van der Waals surface area contributed by atoms with Gasteiger partial charge in [-0.05, 0) is 37.6 Å². The third kappa shape index (κ3) is 3.50. The molecule has 0 radical (unpaired) electrons. The molecule has 1 aromatic carbocycles. The largest absolute Gasteiger partial charge is 0.372 e. The minimum Gasteiger partial charge on any atom is -0.372 e. The molecule has 0 spiro atoms. The fourth-order valence-corrected chi connectivity index (χ4v) is 3.59. The van der Waals surface area contributed by atoms with Gasteiger partial charge >= 0.3 is 5.69 Å². The summed E-state index contributed by atoms with van der Waals surface area (Å²) in [5.41, 5.74) is 0.636. The van der Waals surface area contributed by atoms with E-state index in [-0.39, 0.29) is 24.3 Å². The van der Waals surface area contributed by atoms with Crippen LogP contribution in [-0.4, -0.2) is 39.8 Å². The summed E-state index contributed by atoms with van der Waals surface area (Å²) in [6.07, 6.45) is 2.04. The average Bonchev–Trinajstić information content (AvgIpc) is 2.65. The number of anilines is 1. The van der Waals surface area contributed by atoms with Crippen molar-refractivity contribution in [2.24, 2.45) is 0 Å². The van der Waals surface area contributed by atoms with Gasteiger partial charge in [0.2, 0.25) is 0 Å². The van der Waals surface area contributed by atoms with Crippen LogP contribution in [0.1, 0.15) is 19.4 Å². The molecule has 1 N–H and O–H groups in total. The lowest BCUT2D eigenvalue weighted by Crippen LogP contribution is -2.45. The quantitative estimate of drug-likeness (QED) is 0.764. The summed E-state index contributed by atoms with van der Waals surface area (Å²) in [4.78, 5) is 34.4. The number of hydrogen-bond acceptors (Lipinski definition) is 5. The van der Waals surface area contributed by atoms with E-state index in [0.29, 0.717) is 10.9 Å². The molecular formula is C20H22N4O3. The number of aromatic nitrogens is 3. The average molecular weight is 366 g/mol. The molecule has 0 amide bonds. The van der Waals surface area contributed by atoms with Crippen molar-refractivity contribution < 1.29 is 4.74 Å². The summed E-state index contributed by atoms with van der Waals surface area (Å²) >= 11 is 0. The maximum atomic E-state index is 12.6. The molecule has 140 valence electrons. The third-order valence-corrected chi connectivity index (χ3v) is 4.78. The van der Waals surface area contributed by atoms with E-state index in [0.717, 1.165) is 24.5 Å². The molecule has 7 heteroatoms. The lowest BCUT2D eigenvalue weighted by atomic mass is 10.2. The van der Waals surface area contributed by atoms with Gasteiger partial charge < -0.3 is 14.6 Å². The molecule has 1 fully saturated rings. The van der Waals surface area contributed by atoms with E-state index in [9.17, 15) is 9.59 Å². The van der Waals surface area contributed by atoms with Gasteiger partial charge in [-0.25, -0.2) is 9.78 Å². The van der Waals surface area contributed by atoms with Crippen molar-refractivity contribution in [2.45, 2.75) is 32.6 Å². The van der Waals surface area contributed by atoms with Crippen LogP contribution < -0.4 is 16.1 Å². The second kappa shape index (κ2) is 7.00. The van der Waals surface area contributed by atoms with E-state index < -0.39 is 5.69 Å². The number of nitrogens with one attached hydrogen (secondary N) is 1. The van der Waals surface area contributed by atoms with Crippen LogP contribution in [0.25, 0.3) is 10.9 Å². The number of ether oxygens (including phenoxy) is 1. The molecule has 2 aromatic heterocycles. The number of pyridine rings is 1. The molecule has 2 atom stereocenters. The molecule has 0 aliphatic carbocycles. The number of hydrogen-bond donors (Lipinski definition) is 1. The van der Waals surface area contributed by atoms with Crippen molar-refractivity contribution in [1.29, 1.82) is 0 Å². The number of fused-ring (bicyclic) bond motifs is 1. The van der Waals surface area contributed by atoms with Crippen molar-refractivity contribution >= 4 is 16.7 Å². The number of morpholine rings is 1. The summed E-state index contributed by atoms with van der Waals surface area (Å²) in [6, 6.07) is 10.9. The van der Waals surface area contributed by atoms with E-state index in [1.165, 1.54) is 4.57 Å². The molecule has 27 heavy (non-hydrogen) atoms. The molecule has 3 aromatic rings. The summed E-state index contributed by atoms with van der Waals surface area (Å²) in [6.45, 7) is 5.87. The molecule has 0 bridgehead atoms. The van der Waals surface area contributed by atoms with Crippen molar-refractivity contribution in [3.05, 3.63) is 69.0 Å². The lowest BCUT2D eigenvalue weighted by Gasteiger charge is -2.36. The molecule has 0 unspecified atom stereocenters. The number of para-hydroxylation sites is 1. The standard InChI is InChI=1S/C20H22N4O3/c1-13-10-23(11-14(2)27-13)18-8-7-15(9-21-18)12-24-19(25)16-5-3-4-6-17(16)22-20(24)26/h3-9,13-14H,10-12H2,1-2H3,(H,22,26)/t13-,14-/m0/s1. The van der Waals surface area contributed by atoms with Crippen LogP contribution in [-0.2, 0) is 11.3 Å². The Labute approximate surface area is 156 Å². The predicted molar refractivity (Wildman–Crippen MR) is 104 cm³/mol. The van der Waals surface area contributed by atoms with E-state index >= 15 is 0 Å². The molecule has 1 aliphatic heterocycles. The maximum absolute atomic E-state index is 12.6. The Morgan fingerprint density at radius 3 is 2.56 bits per heavy atom. The molecule has 1 aliphatic rings. The first kappa shape index (κ1) is 17.5. The second-order valence-corrected chi connectivity index (χ2v) is 7.05. The van der Waals surface area contributed by atoms with Gasteiger partial charge in [-0.2, -0.15) is 0 Å². The van der Waals surface area contributed by atoms with Crippen LogP contribution in [0, 0.1) is 0 Å². The fraction of sp³-hybridized carbons (Fsp3) is 0.350. The zero-order valence-corrected chi connectivity index (χ0v) is 15.4.